The monoisotopic (exact) mass is 164 g/mol. The first-order valence-corrected chi connectivity index (χ1v) is 4.12. The van der Waals surface area contributed by atoms with E-state index in [0.717, 1.165) is 6.42 Å². The van der Waals surface area contributed by atoms with Gasteiger partial charge in [-0.15, -0.1) is 0 Å². The molecule has 1 saturated heterocycles. The van der Waals surface area contributed by atoms with E-state index in [1.165, 1.54) is 5.57 Å². The average Bonchev–Trinajstić information content (AvgIpc) is 2.83. The Kier molecular flexibility index (Phi) is 2.00. The lowest BCUT2D eigenvalue weighted by Gasteiger charge is -1.99. The topological polar surface area (TPSA) is 21.8 Å². The molecule has 0 radical (unpaired) electrons. The first kappa shape index (κ1) is 7.62. The Morgan fingerprint density at radius 1 is 1.58 bits per heavy atom. The zero-order chi connectivity index (χ0) is 8.39. The summed E-state index contributed by atoms with van der Waals surface area (Å²) in [6.45, 7) is 0. The van der Waals surface area contributed by atoms with E-state index in [1.807, 2.05) is 6.08 Å². The minimum absolute atomic E-state index is 0.362. The molecule has 2 atom stereocenters. The van der Waals surface area contributed by atoms with Crippen LogP contribution in [0.1, 0.15) is 6.42 Å². The van der Waals surface area contributed by atoms with Crippen LogP contribution in [0.15, 0.2) is 36.1 Å². The molecule has 0 aromatic heterocycles. The van der Waals surface area contributed by atoms with E-state index in [0.29, 0.717) is 12.2 Å². The molecule has 2 rings (SSSR count). The standard InChI is InChI=1S/C10H12O2/c1-11-6-2-3-8-4-5-9-10(7-8)12-9/h2,4-7,9-10H,3H2,1H3. The molecule has 2 nitrogen and oxygen atoms in total. The quantitative estimate of drug-likeness (QED) is 0.468. The second kappa shape index (κ2) is 3.15. The predicted octanol–water partition coefficient (Wildman–Crippen LogP) is 1.80. The SMILES string of the molecule is COC=CCC1=CC2OC2C=C1. The van der Waals surface area contributed by atoms with E-state index in [9.17, 15) is 0 Å². The first-order chi connectivity index (χ1) is 5.90. The van der Waals surface area contributed by atoms with Gasteiger partial charge in [-0.1, -0.05) is 12.2 Å². The fourth-order valence-corrected chi connectivity index (χ4v) is 1.33. The molecule has 1 heterocycles. The van der Waals surface area contributed by atoms with Crippen molar-refractivity contribution < 1.29 is 9.47 Å². The molecule has 2 heteroatoms. The molecule has 0 spiro atoms. The Morgan fingerprint density at radius 3 is 3.25 bits per heavy atom. The molecule has 12 heavy (non-hydrogen) atoms. The summed E-state index contributed by atoms with van der Waals surface area (Å²) in [5, 5.41) is 0. The summed E-state index contributed by atoms with van der Waals surface area (Å²) in [5.74, 6) is 0. The van der Waals surface area contributed by atoms with Crippen LogP contribution in [0.3, 0.4) is 0 Å². The van der Waals surface area contributed by atoms with Crippen molar-refractivity contribution >= 4 is 0 Å². The smallest absolute Gasteiger partial charge is 0.107 e. The van der Waals surface area contributed by atoms with Crippen LogP contribution in [0, 0.1) is 0 Å². The van der Waals surface area contributed by atoms with Gasteiger partial charge in [0.25, 0.3) is 0 Å². The van der Waals surface area contributed by atoms with Gasteiger partial charge >= 0.3 is 0 Å². The molecule has 1 aliphatic carbocycles. The molecule has 64 valence electrons. The van der Waals surface area contributed by atoms with Crippen molar-refractivity contribution in [2.24, 2.45) is 0 Å². The lowest BCUT2D eigenvalue weighted by atomic mass is 10.0. The summed E-state index contributed by atoms with van der Waals surface area (Å²) in [7, 11) is 1.65. The molecular weight excluding hydrogens is 152 g/mol. The molecular formula is C10H12O2. The van der Waals surface area contributed by atoms with E-state index >= 15 is 0 Å². The van der Waals surface area contributed by atoms with Gasteiger partial charge in [-0.25, -0.2) is 0 Å². The summed E-state index contributed by atoms with van der Waals surface area (Å²) in [6.07, 6.45) is 11.8. The summed E-state index contributed by atoms with van der Waals surface area (Å²) < 4.78 is 10.1. The number of hydrogen-bond donors (Lipinski definition) is 0. The van der Waals surface area contributed by atoms with Crippen molar-refractivity contribution in [1.29, 1.82) is 0 Å². The summed E-state index contributed by atoms with van der Waals surface area (Å²) in [5.41, 5.74) is 1.31. The Bertz CT molecular complexity index is 251. The molecule has 0 N–H and O–H groups in total. The largest absolute Gasteiger partial charge is 0.505 e. The van der Waals surface area contributed by atoms with Crippen LogP contribution in [0.5, 0.6) is 0 Å². The molecule has 0 aromatic rings. The molecule has 0 bridgehead atoms. The lowest BCUT2D eigenvalue weighted by molar-refractivity contribution is 0.337. The Morgan fingerprint density at radius 2 is 2.50 bits per heavy atom. The number of epoxide rings is 1. The zero-order valence-electron chi connectivity index (χ0n) is 7.07. The van der Waals surface area contributed by atoms with Crippen LogP contribution in [0.25, 0.3) is 0 Å². The van der Waals surface area contributed by atoms with Gasteiger partial charge in [-0.05, 0) is 24.1 Å². The molecule has 1 fully saturated rings. The maximum absolute atomic E-state index is 5.30. The number of methoxy groups -OCH3 is 1. The van der Waals surface area contributed by atoms with E-state index in [-0.39, 0.29) is 0 Å². The average molecular weight is 164 g/mol. The van der Waals surface area contributed by atoms with Crippen LogP contribution in [-0.2, 0) is 9.47 Å². The van der Waals surface area contributed by atoms with Crippen LogP contribution < -0.4 is 0 Å². The van der Waals surface area contributed by atoms with Crippen LogP contribution >= 0.6 is 0 Å². The molecule has 0 aromatic carbocycles. The Balaban J connectivity index is 1.88. The van der Waals surface area contributed by atoms with Gasteiger partial charge in [0.15, 0.2) is 0 Å². The van der Waals surface area contributed by atoms with E-state index in [4.69, 9.17) is 9.47 Å². The highest BCUT2D eigenvalue weighted by Gasteiger charge is 2.36. The van der Waals surface area contributed by atoms with E-state index in [1.54, 1.807) is 13.4 Å². The van der Waals surface area contributed by atoms with E-state index < -0.39 is 0 Å². The molecule has 0 saturated carbocycles. The van der Waals surface area contributed by atoms with Crippen molar-refractivity contribution in [3.05, 3.63) is 36.1 Å². The fourth-order valence-electron chi connectivity index (χ4n) is 1.33. The van der Waals surface area contributed by atoms with Crippen LogP contribution in [-0.4, -0.2) is 19.3 Å². The summed E-state index contributed by atoms with van der Waals surface area (Å²) in [6, 6.07) is 0. The normalized spacial score (nSPS) is 31.6. The van der Waals surface area contributed by atoms with Crippen LogP contribution in [0.4, 0.5) is 0 Å². The van der Waals surface area contributed by atoms with Crippen molar-refractivity contribution in [2.45, 2.75) is 18.6 Å². The first-order valence-electron chi connectivity index (χ1n) is 4.12. The molecule has 2 aliphatic rings. The highest BCUT2D eigenvalue weighted by atomic mass is 16.6. The minimum atomic E-state index is 0.362. The second-order valence-electron chi connectivity index (χ2n) is 2.98. The van der Waals surface area contributed by atoms with Gasteiger partial charge in [0, 0.05) is 0 Å². The molecule has 0 amide bonds. The van der Waals surface area contributed by atoms with Gasteiger partial charge < -0.3 is 9.47 Å². The number of allylic oxidation sites excluding steroid dienone is 3. The third kappa shape index (κ3) is 1.59. The van der Waals surface area contributed by atoms with Gasteiger partial charge in [0.05, 0.1) is 13.4 Å². The third-order valence-electron chi connectivity index (χ3n) is 2.03. The van der Waals surface area contributed by atoms with Gasteiger partial charge in [0.2, 0.25) is 0 Å². The number of ether oxygens (including phenoxy) is 2. The highest BCUT2D eigenvalue weighted by molar-refractivity contribution is 5.32. The number of rotatable bonds is 3. The summed E-state index contributed by atoms with van der Waals surface area (Å²) >= 11 is 0. The Hall–Kier alpha value is -1.02. The van der Waals surface area contributed by atoms with Gasteiger partial charge in [-0.3, -0.25) is 0 Å². The van der Waals surface area contributed by atoms with Crippen molar-refractivity contribution in [1.82, 2.24) is 0 Å². The van der Waals surface area contributed by atoms with Crippen molar-refractivity contribution in [2.75, 3.05) is 7.11 Å². The van der Waals surface area contributed by atoms with Gasteiger partial charge in [0.1, 0.15) is 12.2 Å². The summed E-state index contributed by atoms with van der Waals surface area (Å²) in [4.78, 5) is 0. The fraction of sp³-hybridized carbons (Fsp3) is 0.400. The van der Waals surface area contributed by atoms with Gasteiger partial charge in [-0.2, -0.15) is 0 Å². The lowest BCUT2D eigenvalue weighted by Crippen LogP contribution is -1.93. The van der Waals surface area contributed by atoms with Crippen LogP contribution in [0.2, 0.25) is 0 Å². The number of fused-ring (bicyclic) bond motifs is 1. The predicted molar refractivity (Wildman–Crippen MR) is 46.7 cm³/mol. The van der Waals surface area contributed by atoms with E-state index in [2.05, 4.69) is 18.2 Å². The highest BCUT2D eigenvalue weighted by Crippen LogP contribution is 2.30. The molecule has 2 unspecified atom stereocenters. The molecule has 1 aliphatic heterocycles. The number of hydrogen-bond acceptors (Lipinski definition) is 2. The third-order valence-corrected chi connectivity index (χ3v) is 2.03. The second-order valence-corrected chi connectivity index (χ2v) is 2.98. The zero-order valence-corrected chi connectivity index (χ0v) is 7.07. The van der Waals surface area contributed by atoms with Crippen molar-refractivity contribution in [3.8, 4) is 0 Å². The minimum Gasteiger partial charge on any atom is -0.505 e. The maximum Gasteiger partial charge on any atom is 0.107 e. The Labute approximate surface area is 72.2 Å². The van der Waals surface area contributed by atoms with Crippen molar-refractivity contribution in [3.63, 3.8) is 0 Å². The maximum atomic E-state index is 5.30.